The molecule has 10 nitrogen and oxygen atoms in total. The maximum Gasteiger partial charge on any atom is 0.248 e. The molecule has 1 aromatic carbocycles. The molecule has 11 heteroatoms. The van der Waals surface area contributed by atoms with Crippen LogP contribution >= 0.6 is 11.3 Å². The van der Waals surface area contributed by atoms with Crippen molar-refractivity contribution in [3.05, 3.63) is 45.9 Å². The van der Waals surface area contributed by atoms with E-state index in [0.717, 1.165) is 21.7 Å². The maximum atomic E-state index is 13.3. The van der Waals surface area contributed by atoms with Crippen molar-refractivity contribution in [3.63, 3.8) is 0 Å². The summed E-state index contributed by atoms with van der Waals surface area (Å²) in [5, 5.41) is 5.95. The molecule has 3 amide bonds. The fraction of sp³-hybridized carbons (Fsp3) is 0.478. The first-order valence-electron chi connectivity index (χ1n) is 11.1. The van der Waals surface area contributed by atoms with Gasteiger partial charge >= 0.3 is 0 Å². The highest BCUT2D eigenvalue weighted by Gasteiger charge is 2.44. The summed E-state index contributed by atoms with van der Waals surface area (Å²) in [5.74, 6) is -0.984. The number of rotatable bonds is 6. The minimum absolute atomic E-state index is 0.0472. The summed E-state index contributed by atoms with van der Waals surface area (Å²) in [6.45, 7) is 4.42. The number of likely N-dealkylation sites (tertiary alicyclic amines) is 1. The molecule has 2 fully saturated rings. The third kappa shape index (κ3) is 5.00. The van der Waals surface area contributed by atoms with Gasteiger partial charge in [-0.05, 0) is 18.1 Å². The molecular weight excluding hydrogens is 458 g/mol. The summed E-state index contributed by atoms with van der Waals surface area (Å²) in [6, 6.07) is 5.54. The molecule has 3 atom stereocenters. The van der Waals surface area contributed by atoms with Gasteiger partial charge in [0, 0.05) is 33.0 Å². The Hall–Kier alpha value is -3.18. The van der Waals surface area contributed by atoms with Crippen molar-refractivity contribution in [2.24, 2.45) is 5.18 Å². The summed E-state index contributed by atoms with van der Waals surface area (Å²) in [6.07, 6.45) is 0.151. The molecule has 180 valence electrons. The van der Waals surface area contributed by atoms with Crippen LogP contribution in [0.3, 0.4) is 0 Å². The van der Waals surface area contributed by atoms with Gasteiger partial charge in [-0.2, -0.15) is 4.91 Å². The zero-order chi connectivity index (χ0) is 24.2. The highest BCUT2D eigenvalue weighted by molar-refractivity contribution is 7.13. The molecule has 3 heterocycles. The number of hydrogen-bond acceptors (Lipinski definition) is 8. The maximum absolute atomic E-state index is 13.3. The van der Waals surface area contributed by atoms with E-state index in [4.69, 9.17) is 4.74 Å². The van der Waals surface area contributed by atoms with E-state index < -0.39 is 24.0 Å². The van der Waals surface area contributed by atoms with Gasteiger partial charge in [0.1, 0.15) is 18.1 Å². The van der Waals surface area contributed by atoms with Crippen molar-refractivity contribution < 1.29 is 19.1 Å². The molecule has 0 aliphatic carbocycles. The van der Waals surface area contributed by atoms with Gasteiger partial charge in [0.2, 0.25) is 17.7 Å². The van der Waals surface area contributed by atoms with Crippen molar-refractivity contribution in [2.45, 2.75) is 44.9 Å². The van der Waals surface area contributed by atoms with Gasteiger partial charge in [0.05, 0.1) is 29.3 Å². The molecule has 2 saturated heterocycles. The molecule has 0 unspecified atom stereocenters. The Bertz CT molecular complexity index is 1070. The van der Waals surface area contributed by atoms with E-state index in [0.29, 0.717) is 13.2 Å². The zero-order valence-corrected chi connectivity index (χ0v) is 19.9. The van der Waals surface area contributed by atoms with E-state index in [1.165, 1.54) is 16.7 Å². The van der Waals surface area contributed by atoms with Gasteiger partial charge in [-0.25, -0.2) is 4.98 Å². The molecule has 1 N–H and O–H groups in total. The van der Waals surface area contributed by atoms with Gasteiger partial charge in [0.15, 0.2) is 0 Å². The monoisotopic (exact) mass is 485 g/mol. The summed E-state index contributed by atoms with van der Waals surface area (Å²) in [5.41, 5.74) is 4.75. The fourth-order valence-corrected chi connectivity index (χ4v) is 5.23. The summed E-state index contributed by atoms with van der Waals surface area (Å²) in [4.78, 5) is 57.7. The molecule has 0 saturated carbocycles. The van der Waals surface area contributed by atoms with Crippen LogP contribution in [0.5, 0.6) is 0 Å². The minimum atomic E-state index is -0.829. The normalized spacial score (nSPS) is 22.5. The Morgan fingerprint density at radius 2 is 1.97 bits per heavy atom. The van der Waals surface area contributed by atoms with Gasteiger partial charge in [-0.1, -0.05) is 29.4 Å². The standard InChI is InChI=1S/C23H27N5O5S/c1-14-21(34-13-25-14)17-5-3-16(4-6-17)10-24-22(30)19-9-18(26-32)11-28(19)23(31)20-12-33-8-7-27(20)15(2)29/h3-6,13,18-20H,7-12H2,1-2H3,(H,24,30)/t18-,19+,20+/m1/s1. The molecule has 4 rings (SSSR count). The second-order valence-corrected chi connectivity index (χ2v) is 9.34. The smallest absolute Gasteiger partial charge is 0.248 e. The van der Waals surface area contributed by atoms with Gasteiger partial charge in [-0.3, -0.25) is 14.4 Å². The van der Waals surface area contributed by atoms with Crippen LogP contribution < -0.4 is 5.32 Å². The summed E-state index contributed by atoms with van der Waals surface area (Å²) >= 11 is 1.58. The number of carbonyl (C=O) groups is 3. The van der Waals surface area contributed by atoms with Crippen molar-refractivity contribution in [2.75, 3.05) is 26.3 Å². The first kappa shape index (κ1) is 24.0. The molecule has 2 aliphatic heterocycles. The van der Waals surface area contributed by atoms with E-state index in [-0.39, 0.29) is 37.9 Å². The number of aryl methyl sites for hydroxylation is 1. The summed E-state index contributed by atoms with van der Waals surface area (Å²) < 4.78 is 5.41. The van der Waals surface area contributed by atoms with E-state index >= 15 is 0 Å². The number of hydrogen-bond donors (Lipinski definition) is 1. The average Bonchev–Trinajstić information content (AvgIpc) is 3.48. The van der Waals surface area contributed by atoms with E-state index in [9.17, 15) is 19.3 Å². The van der Waals surface area contributed by atoms with Crippen molar-refractivity contribution in [1.82, 2.24) is 20.1 Å². The van der Waals surface area contributed by atoms with Crippen LogP contribution in [0.15, 0.2) is 35.0 Å². The Morgan fingerprint density at radius 3 is 2.62 bits per heavy atom. The molecule has 2 aromatic rings. The Balaban J connectivity index is 1.42. The van der Waals surface area contributed by atoms with E-state index in [1.54, 1.807) is 11.3 Å². The number of carbonyl (C=O) groups excluding carboxylic acids is 3. The first-order chi connectivity index (χ1) is 16.4. The van der Waals surface area contributed by atoms with Crippen LogP contribution in [-0.2, 0) is 25.7 Å². The third-order valence-electron chi connectivity index (χ3n) is 6.26. The SMILES string of the molecule is CC(=O)N1CCOC[C@H]1C(=O)N1C[C@H](N=O)C[C@H]1C(=O)NCc1ccc(-c2scnc2C)cc1. The second kappa shape index (κ2) is 10.4. The number of amides is 3. The number of nitrogens with one attached hydrogen (secondary N) is 1. The number of nitrogens with zero attached hydrogens (tertiary/aromatic N) is 4. The second-order valence-electron chi connectivity index (χ2n) is 8.49. The topological polar surface area (TPSA) is 121 Å². The quantitative estimate of drug-likeness (QED) is 0.622. The Labute approximate surface area is 201 Å². The third-order valence-corrected chi connectivity index (χ3v) is 7.24. The van der Waals surface area contributed by atoms with Crippen LogP contribution in [0.25, 0.3) is 10.4 Å². The minimum Gasteiger partial charge on any atom is -0.377 e. The Kier molecular flexibility index (Phi) is 7.32. The van der Waals surface area contributed by atoms with Crippen molar-refractivity contribution in [1.29, 1.82) is 0 Å². The zero-order valence-electron chi connectivity index (χ0n) is 19.1. The number of ether oxygens (including phenoxy) is 1. The predicted molar refractivity (Wildman–Crippen MR) is 126 cm³/mol. The molecule has 0 spiro atoms. The lowest BCUT2D eigenvalue weighted by Crippen LogP contribution is -2.58. The number of nitroso groups, excluding NO2 is 1. The highest BCUT2D eigenvalue weighted by Crippen LogP contribution is 2.27. The molecule has 2 aliphatic rings. The van der Waals surface area contributed by atoms with Gasteiger partial charge in [-0.15, -0.1) is 11.3 Å². The molecular formula is C23H27N5O5S. The largest absolute Gasteiger partial charge is 0.377 e. The van der Waals surface area contributed by atoms with Crippen molar-refractivity contribution in [3.8, 4) is 10.4 Å². The fourth-order valence-electron chi connectivity index (χ4n) is 4.42. The number of benzene rings is 1. The number of aromatic nitrogens is 1. The average molecular weight is 486 g/mol. The first-order valence-corrected chi connectivity index (χ1v) is 12.0. The van der Waals surface area contributed by atoms with Crippen LogP contribution in [-0.4, -0.2) is 76.9 Å². The molecule has 0 radical (unpaired) electrons. The molecule has 0 bridgehead atoms. The van der Waals surface area contributed by atoms with Crippen LogP contribution in [0.4, 0.5) is 0 Å². The lowest BCUT2D eigenvalue weighted by Gasteiger charge is -2.37. The van der Waals surface area contributed by atoms with E-state index in [1.807, 2.05) is 36.7 Å². The Morgan fingerprint density at radius 1 is 1.21 bits per heavy atom. The molecule has 34 heavy (non-hydrogen) atoms. The lowest BCUT2D eigenvalue weighted by atomic mass is 10.1. The van der Waals surface area contributed by atoms with Crippen LogP contribution in [0, 0.1) is 11.8 Å². The number of morpholine rings is 1. The lowest BCUT2D eigenvalue weighted by molar-refractivity contribution is -0.154. The van der Waals surface area contributed by atoms with Crippen LogP contribution in [0.1, 0.15) is 24.6 Å². The predicted octanol–water partition coefficient (Wildman–Crippen LogP) is 1.72. The summed E-state index contributed by atoms with van der Waals surface area (Å²) in [7, 11) is 0. The van der Waals surface area contributed by atoms with Crippen LogP contribution in [0.2, 0.25) is 0 Å². The van der Waals surface area contributed by atoms with Gasteiger partial charge < -0.3 is 19.9 Å². The van der Waals surface area contributed by atoms with E-state index in [2.05, 4.69) is 15.5 Å². The number of thiazole rings is 1. The van der Waals surface area contributed by atoms with Crippen molar-refractivity contribution >= 4 is 29.1 Å². The van der Waals surface area contributed by atoms with Gasteiger partial charge in [0.25, 0.3) is 0 Å². The highest BCUT2D eigenvalue weighted by atomic mass is 32.1. The molecule has 1 aromatic heterocycles.